The van der Waals surface area contributed by atoms with Crippen molar-refractivity contribution in [2.24, 2.45) is 5.73 Å². The maximum atomic E-state index is 5.78. The van der Waals surface area contributed by atoms with E-state index in [2.05, 4.69) is 12.1 Å². The van der Waals surface area contributed by atoms with Gasteiger partial charge < -0.3 is 10.2 Å². The van der Waals surface area contributed by atoms with Crippen molar-refractivity contribution in [3.63, 3.8) is 0 Å². The summed E-state index contributed by atoms with van der Waals surface area (Å²) in [5.41, 5.74) is 5.78. The molecule has 0 amide bonds. The Labute approximate surface area is 99.8 Å². The van der Waals surface area contributed by atoms with Crippen LogP contribution in [0.15, 0.2) is 51.8 Å². The molecule has 1 atom stereocenters. The summed E-state index contributed by atoms with van der Waals surface area (Å²) in [5.74, 6) is 1.89. The maximum absolute atomic E-state index is 5.78. The van der Waals surface area contributed by atoms with E-state index in [0.717, 1.165) is 11.5 Å². The Hall–Kier alpha value is -1.19. The first-order chi connectivity index (χ1) is 7.79. The molecule has 0 aliphatic rings. The minimum atomic E-state index is 0.191. The van der Waals surface area contributed by atoms with Crippen molar-refractivity contribution in [2.75, 3.05) is 6.54 Å². The van der Waals surface area contributed by atoms with E-state index < -0.39 is 0 Å². The average Bonchev–Trinajstić information content (AvgIpc) is 2.74. The van der Waals surface area contributed by atoms with Crippen molar-refractivity contribution >= 4 is 11.8 Å². The van der Waals surface area contributed by atoms with E-state index >= 15 is 0 Å². The highest BCUT2D eigenvalue weighted by molar-refractivity contribution is 7.99. The molecule has 1 heterocycles. The number of aryl methyl sites for hydroxylation is 1. The molecule has 0 radical (unpaired) electrons. The molecule has 0 aliphatic carbocycles. The first-order valence-corrected chi connectivity index (χ1v) is 6.15. The lowest BCUT2D eigenvalue weighted by atomic mass is 10.3. The Morgan fingerprint density at radius 1 is 1.19 bits per heavy atom. The predicted molar refractivity (Wildman–Crippen MR) is 67.5 cm³/mol. The summed E-state index contributed by atoms with van der Waals surface area (Å²) in [7, 11) is 0. The van der Waals surface area contributed by atoms with E-state index in [4.69, 9.17) is 10.2 Å². The van der Waals surface area contributed by atoms with Gasteiger partial charge in [0, 0.05) is 11.4 Å². The van der Waals surface area contributed by atoms with Crippen LogP contribution in [0.25, 0.3) is 0 Å². The molecule has 2 aromatic rings. The van der Waals surface area contributed by atoms with Gasteiger partial charge in [-0.25, -0.2) is 0 Å². The standard InChI is InChI=1S/C13H15NOS/c1-10-7-8-12(15-10)13(9-14)16-11-5-3-2-4-6-11/h2-8,13H,9,14H2,1H3. The van der Waals surface area contributed by atoms with Gasteiger partial charge in [0.1, 0.15) is 11.5 Å². The molecule has 1 unspecified atom stereocenters. The van der Waals surface area contributed by atoms with Crippen LogP contribution in [0.3, 0.4) is 0 Å². The largest absolute Gasteiger partial charge is 0.465 e. The van der Waals surface area contributed by atoms with Crippen molar-refractivity contribution in [3.8, 4) is 0 Å². The van der Waals surface area contributed by atoms with E-state index in [1.165, 1.54) is 4.90 Å². The molecular formula is C13H15NOS. The van der Waals surface area contributed by atoms with Gasteiger partial charge in [0.2, 0.25) is 0 Å². The summed E-state index contributed by atoms with van der Waals surface area (Å²) in [5, 5.41) is 0.191. The van der Waals surface area contributed by atoms with Crippen LogP contribution in [0.5, 0.6) is 0 Å². The smallest absolute Gasteiger partial charge is 0.118 e. The van der Waals surface area contributed by atoms with Crippen LogP contribution in [0.1, 0.15) is 16.8 Å². The van der Waals surface area contributed by atoms with Gasteiger partial charge in [-0.2, -0.15) is 0 Å². The number of hydrogen-bond acceptors (Lipinski definition) is 3. The third-order valence-corrected chi connectivity index (χ3v) is 3.57. The predicted octanol–water partition coefficient (Wildman–Crippen LogP) is 3.38. The highest BCUT2D eigenvalue weighted by Crippen LogP contribution is 2.34. The SMILES string of the molecule is Cc1ccc(C(CN)Sc2ccccc2)o1. The highest BCUT2D eigenvalue weighted by atomic mass is 32.2. The van der Waals surface area contributed by atoms with Crippen LogP contribution >= 0.6 is 11.8 Å². The molecule has 3 heteroatoms. The summed E-state index contributed by atoms with van der Waals surface area (Å²) in [4.78, 5) is 1.21. The van der Waals surface area contributed by atoms with Crippen molar-refractivity contribution < 1.29 is 4.42 Å². The third-order valence-electron chi connectivity index (χ3n) is 2.31. The lowest BCUT2D eigenvalue weighted by Crippen LogP contribution is -2.08. The van der Waals surface area contributed by atoms with Gasteiger partial charge in [-0.15, -0.1) is 11.8 Å². The fourth-order valence-corrected chi connectivity index (χ4v) is 2.49. The minimum Gasteiger partial charge on any atom is -0.465 e. The Kier molecular flexibility index (Phi) is 3.70. The second-order valence-corrected chi connectivity index (χ2v) is 4.88. The number of thioether (sulfide) groups is 1. The highest BCUT2D eigenvalue weighted by Gasteiger charge is 2.14. The van der Waals surface area contributed by atoms with Gasteiger partial charge in [0.15, 0.2) is 0 Å². The third kappa shape index (κ3) is 2.68. The number of nitrogens with two attached hydrogens (primary N) is 1. The molecule has 1 aromatic heterocycles. The van der Waals surface area contributed by atoms with Gasteiger partial charge in [-0.1, -0.05) is 18.2 Å². The lowest BCUT2D eigenvalue weighted by molar-refractivity contribution is 0.481. The van der Waals surface area contributed by atoms with E-state index in [-0.39, 0.29) is 5.25 Å². The number of rotatable bonds is 4. The molecule has 0 bridgehead atoms. The van der Waals surface area contributed by atoms with Crippen LogP contribution in [0.4, 0.5) is 0 Å². The zero-order chi connectivity index (χ0) is 11.4. The average molecular weight is 233 g/mol. The summed E-state index contributed by atoms with van der Waals surface area (Å²) in [6, 6.07) is 14.2. The van der Waals surface area contributed by atoms with Crippen molar-refractivity contribution in [3.05, 3.63) is 54.0 Å². The molecule has 0 saturated heterocycles. The molecule has 2 N–H and O–H groups in total. The summed E-state index contributed by atoms with van der Waals surface area (Å²) < 4.78 is 5.61. The summed E-state index contributed by atoms with van der Waals surface area (Å²) >= 11 is 1.74. The van der Waals surface area contributed by atoms with Crippen LogP contribution in [0.2, 0.25) is 0 Å². The van der Waals surface area contributed by atoms with Crippen molar-refractivity contribution in [1.29, 1.82) is 0 Å². The van der Waals surface area contributed by atoms with E-state index in [0.29, 0.717) is 6.54 Å². The maximum Gasteiger partial charge on any atom is 0.118 e. The topological polar surface area (TPSA) is 39.2 Å². The van der Waals surface area contributed by atoms with Crippen LogP contribution < -0.4 is 5.73 Å². The fraction of sp³-hybridized carbons (Fsp3) is 0.231. The van der Waals surface area contributed by atoms with Crippen LogP contribution in [0, 0.1) is 6.92 Å². The quantitative estimate of drug-likeness (QED) is 0.823. The molecule has 1 aromatic carbocycles. The van der Waals surface area contributed by atoms with E-state index in [1.807, 2.05) is 37.3 Å². The lowest BCUT2D eigenvalue weighted by Gasteiger charge is -2.11. The van der Waals surface area contributed by atoms with Crippen LogP contribution in [-0.2, 0) is 0 Å². The summed E-state index contributed by atoms with van der Waals surface area (Å²) in [6.45, 7) is 2.52. The molecule has 2 rings (SSSR count). The second kappa shape index (κ2) is 5.23. The van der Waals surface area contributed by atoms with Gasteiger partial charge in [-0.05, 0) is 31.2 Å². The normalized spacial score (nSPS) is 12.6. The Bertz CT molecular complexity index is 438. The van der Waals surface area contributed by atoms with Gasteiger partial charge in [0.25, 0.3) is 0 Å². The van der Waals surface area contributed by atoms with Crippen molar-refractivity contribution in [2.45, 2.75) is 17.1 Å². The molecule has 0 aliphatic heterocycles. The fourth-order valence-electron chi connectivity index (χ4n) is 1.51. The Morgan fingerprint density at radius 3 is 2.50 bits per heavy atom. The molecule has 2 nitrogen and oxygen atoms in total. The van der Waals surface area contributed by atoms with Gasteiger partial charge in [0.05, 0.1) is 5.25 Å². The summed E-state index contributed by atoms with van der Waals surface area (Å²) in [6.07, 6.45) is 0. The monoisotopic (exact) mass is 233 g/mol. The first-order valence-electron chi connectivity index (χ1n) is 5.27. The zero-order valence-corrected chi connectivity index (χ0v) is 10.0. The van der Waals surface area contributed by atoms with E-state index in [1.54, 1.807) is 11.8 Å². The minimum absolute atomic E-state index is 0.191. The van der Waals surface area contributed by atoms with Crippen LogP contribution in [-0.4, -0.2) is 6.54 Å². The number of hydrogen-bond donors (Lipinski definition) is 1. The molecule has 16 heavy (non-hydrogen) atoms. The van der Waals surface area contributed by atoms with Gasteiger partial charge >= 0.3 is 0 Å². The van der Waals surface area contributed by atoms with Crippen molar-refractivity contribution in [1.82, 2.24) is 0 Å². The number of furan rings is 1. The Balaban J connectivity index is 2.12. The molecule has 0 saturated carbocycles. The Morgan fingerprint density at radius 2 is 1.94 bits per heavy atom. The molecule has 0 spiro atoms. The first kappa shape index (κ1) is 11.3. The molecule has 84 valence electrons. The second-order valence-electron chi connectivity index (χ2n) is 3.60. The van der Waals surface area contributed by atoms with E-state index in [9.17, 15) is 0 Å². The van der Waals surface area contributed by atoms with Gasteiger partial charge in [-0.3, -0.25) is 0 Å². The zero-order valence-electron chi connectivity index (χ0n) is 9.22. The molecule has 0 fully saturated rings. The molecular weight excluding hydrogens is 218 g/mol. The number of benzene rings is 1.